The van der Waals surface area contributed by atoms with Gasteiger partial charge >= 0.3 is 0 Å². The van der Waals surface area contributed by atoms with Crippen molar-refractivity contribution >= 4 is 10.9 Å². The Morgan fingerprint density at radius 1 is 1.25 bits per heavy atom. The first-order chi connectivity index (χ1) is 13.7. The van der Waals surface area contributed by atoms with Gasteiger partial charge in [-0.1, -0.05) is 0 Å². The molecule has 0 bridgehead atoms. The van der Waals surface area contributed by atoms with E-state index in [-0.39, 0.29) is 11.4 Å². The summed E-state index contributed by atoms with van der Waals surface area (Å²) < 4.78 is 13.4. The topological polar surface area (TPSA) is 77.7 Å². The van der Waals surface area contributed by atoms with Gasteiger partial charge in [-0.3, -0.25) is 14.7 Å². The second-order valence-electron chi connectivity index (χ2n) is 7.05. The van der Waals surface area contributed by atoms with E-state index < -0.39 is 0 Å². The number of H-pyrrole nitrogens is 2. The van der Waals surface area contributed by atoms with Crippen LogP contribution in [-0.4, -0.2) is 31.4 Å². The molecule has 6 nitrogen and oxygen atoms in total. The molecule has 0 spiro atoms. The monoisotopic (exact) mass is 375 g/mol. The van der Waals surface area contributed by atoms with Crippen molar-refractivity contribution in [3.05, 3.63) is 81.9 Å². The average molecular weight is 375 g/mol. The summed E-state index contributed by atoms with van der Waals surface area (Å²) in [6.45, 7) is 2.04. The predicted octanol–water partition coefficient (Wildman–Crippen LogP) is 3.01. The number of halogens is 1. The Bertz CT molecular complexity index is 1210. The molecule has 5 rings (SSSR count). The van der Waals surface area contributed by atoms with Gasteiger partial charge in [0.05, 0.1) is 11.3 Å². The summed E-state index contributed by atoms with van der Waals surface area (Å²) in [6, 6.07) is 8.47. The van der Waals surface area contributed by atoms with Crippen molar-refractivity contribution in [2.75, 3.05) is 6.54 Å². The second-order valence-corrected chi connectivity index (χ2v) is 7.05. The summed E-state index contributed by atoms with van der Waals surface area (Å²) in [5.74, 6) is 0.304. The molecule has 1 aliphatic heterocycles. The van der Waals surface area contributed by atoms with Gasteiger partial charge in [-0.25, -0.2) is 9.37 Å². The molecule has 1 aromatic carbocycles. The van der Waals surface area contributed by atoms with Crippen LogP contribution in [0.4, 0.5) is 4.39 Å². The highest BCUT2D eigenvalue weighted by Crippen LogP contribution is 2.24. The number of rotatable bonds is 3. The summed E-state index contributed by atoms with van der Waals surface area (Å²) in [6.07, 6.45) is 6.01. The summed E-state index contributed by atoms with van der Waals surface area (Å²) in [4.78, 5) is 29.6. The van der Waals surface area contributed by atoms with Crippen molar-refractivity contribution in [3.63, 3.8) is 0 Å². The van der Waals surface area contributed by atoms with E-state index in [1.54, 1.807) is 18.5 Å². The van der Waals surface area contributed by atoms with Gasteiger partial charge in [-0.2, -0.15) is 0 Å². The third kappa shape index (κ3) is 2.99. The van der Waals surface area contributed by atoms with Gasteiger partial charge in [0.2, 0.25) is 0 Å². The lowest BCUT2D eigenvalue weighted by molar-refractivity contribution is 0.242. The summed E-state index contributed by atoms with van der Waals surface area (Å²) in [7, 11) is 0. The fraction of sp³-hybridized carbons (Fsp3) is 0.190. The average Bonchev–Trinajstić information content (AvgIpc) is 3.10. The van der Waals surface area contributed by atoms with Crippen LogP contribution in [0.5, 0.6) is 0 Å². The first-order valence-corrected chi connectivity index (χ1v) is 9.18. The highest BCUT2D eigenvalue weighted by molar-refractivity contribution is 5.83. The van der Waals surface area contributed by atoms with E-state index in [0.29, 0.717) is 30.9 Å². The van der Waals surface area contributed by atoms with Gasteiger partial charge in [0, 0.05) is 61.1 Å². The van der Waals surface area contributed by atoms with Crippen molar-refractivity contribution in [2.24, 2.45) is 0 Å². The molecule has 0 aliphatic carbocycles. The Labute approximate surface area is 160 Å². The Balaban J connectivity index is 1.41. The number of nitrogens with zero attached hydrogens (tertiary/aromatic N) is 3. The molecule has 0 fully saturated rings. The summed E-state index contributed by atoms with van der Waals surface area (Å²) in [5, 5.41) is 1.01. The first kappa shape index (κ1) is 16.8. The fourth-order valence-corrected chi connectivity index (χ4v) is 3.79. The van der Waals surface area contributed by atoms with E-state index in [0.717, 1.165) is 34.3 Å². The van der Waals surface area contributed by atoms with Crippen LogP contribution < -0.4 is 5.56 Å². The van der Waals surface area contributed by atoms with Crippen molar-refractivity contribution in [1.29, 1.82) is 0 Å². The molecule has 4 heterocycles. The molecular weight excluding hydrogens is 357 g/mol. The Hall–Kier alpha value is -3.32. The lowest BCUT2D eigenvalue weighted by atomic mass is 10.1. The van der Waals surface area contributed by atoms with E-state index in [2.05, 4.69) is 24.8 Å². The highest BCUT2D eigenvalue weighted by Gasteiger charge is 2.22. The van der Waals surface area contributed by atoms with Crippen LogP contribution in [0.25, 0.3) is 22.3 Å². The van der Waals surface area contributed by atoms with Gasteiger partial charge in [-0.05, 0) is 35.9 Å². The summed E-state index contributed by atoms with van der Waals surface area (Å²) in [5.41, 5.74) is 4.14. The molecule has 3 aromatic heterocycles. The van der Waals surface area contributed by atoms with Gasteiger partial charge in [0.1, 0.15) is 11.6 Å². The number of fused-ring (bicyclic) bond motifs is 2. The number of hydrogen-bond acceptors (Lipinski definition) is 4. The van der Waals surface area contributed by atoms with Crippen LogP contribution in [-0.2, 0) is 19.5 Å². The van der Waals surface area contributed by atoms with E-state index in [9.17, 15) is 9.18 Å². The molecule has 2 N–H and O–H groups in total. The van der Waals surface area contributed by atoms with Crippen LogP contribution in [0.2, 0.25) is 0 Å². The predicted molar refractivity (Wildman–Crippen MR) is 104 cm³/mol. The van der Waals surface area contributed by atoms with Crippen molar-refractivity contribution in [3.8, 4) is 11.4 Å². The summed E-state index contributed by atoms with van der Waals surface area (Å²) >= 11 is 0. The van der Waals surface area contributed by atoms with Gasteiger partial charge in [0.15, 0.2) is 0 Å². The third-order valence-electron chi connectivity index (χ3n) is 5.21. The van der Waals surface area contributed by atoms with E-state index in [4.69, 9.17) is 0 Å². The lowest BCUT2D eigenvalue weighted by Gasteiger charge is -2.27. The maximum Gasteiger partial charge on any atom is 0.255 e. The largest absolute Gasteiger partial charge is 0.361 e. The number of pyridine rings is 1. The maximum absolute atomic E-state index is 13.4. The van der Waals surface area contributed by atoms with E-state index >= 15 is 0 Å². The minimum Gasteiger partial charge on any atom is -0.361 e. The standard InChI is InChI=1S/C21H18FN5O/c22-15-3-4-16-14(10-24-19(16)8-15)11-27-7-5-18-17(12-27)21(28)26-20(25-18)13-2-1-6-23-9-13/h1-4,6,8-10,24H,5,7,11-12H2,(H,25,26,28). The Morgan fingerprint density at radius 2 is 2.18 bits per heavy atom. The van der Waals surface area contributed by atoms with Gasteiger partial charge < -0.3 is 9.97 Å². The Kier molecular flexibility index (Phi) is 4.02. The molecule has 0 unspecified atom stereocenters. The molecule has 1 aliphatic rings. The normalized spacial score (nSPS) is 14.3. The molecule has 28 heavy (non-hydrogen) atoms. The smallest absolute Gasteiger partial charge is 0.255 e. The zero-order valence-electron chi connectivity index (χ0n) is 15.1. The van der Waals surface area contributed by atoms with Crippen molar-refractivity contribution in [2.45, 2.75) is 19.5 Å². The number of nitrogens with one attached hydrogen (secondary N) is 2. The molecular formula is C21H18FN5O. The third-order valence-corrected chi connectivity index (χ3v) is 5.21. The molecule has 140 valence electrons. The number of aromatic amines is 2. The van der Waals surface area contributed by atoms with Crippen LogP contribution in [0.15, 0.2) is 53.7 Å². The van der Waals surface area contributed by atoms with E-state index in [1.807, 2.05) is 18.3 Å². The molecule has 0 atom stereocenters. The minimum absolute atomic E-state index is 0.102. The quantitative estimate of drug-likeness (QED) is 0.577. The van der Waals surface area contributed by atoms with Crippen LogP contribution in [0, 0.1) is 5.82 Å². The molecule has 0 saturated heterocycles. The molecule has 4 aromatic rings. The van der Waals surface area contributed by atoms with Gasteiger partial charge in [0.25, 0.3) is 5.56 Å². The first-order valence-electron chi connectivity index (χ1n) is 9.18. The van der Waals surface area contributed by atoms with Crippen LogP contribution in [0.3, 0.4) is 0 Å². The molecule has 7 heteroatoms. The number of benzene rings is 1. The van der Waals surface area contributed by atoms with Gasteiger partial charge in [-0.15, -0.1) is 0 Å². The Morgan fingerprint density at radius 3 is 3.04 bits per heavy atom. The lowest BCUT2D eigenvalue weighted by Crippen LogP contribution is -2.35. The maximum atomic E-state index is 13.4. The fourth-order valence-electron chi connectivity index (χ4n) is 3.79. The number of hydrogen-bond donors (Lipinski definition) is 2. The van der Waals surface area contributed by atoms with E-state index in [1.165, 1.54) is 12.1 Å². The highest BCUT2D eigenvalue weighted by atomic mass is 19.1. The number of aromatic nitrogens is 4. The van der Waals surface area contributed by atoms with Crippen molar-refractivity contribution < 1.29 is 4.39 Å². The minimum atomic E-state index is -0.255. The SMILES string of the molecule is O=c1[nH]c(-c2cccnc2)nc2c1CN(Cc1c[nH]c3cc(F)ccc13)CC2. The molecule has 0 amide bonds. The molecule has 0 radical (unpaired) electrons. The van der Waals surface area contributed by atoms with Crippen LogP contribution >= 0.6 is 0 Å². The van der Waals surface area contributed by atoms with Crippen molar-refractivity contribution in [1.82, 2.24) is 24.8 Å². The zero-order valence-corrected chi connectivity index (χ0v) is 15.1. The zero-order chi connectivity index (χ0) is 19.1. The molecule has 0 saturated carbocycles. The second kappa shape index (κ2) is 6.69. The van der Waals surface area contributed by atoms with Crippen LogP contribution in [0.1, 0.15) is 16.8 Å².